The number of hydrogen-bond acceptors (Lipinski definition) is 4. The van der Waals surface area contributed by atoms with Crippen molar-refractivity contribution in [3.05, 3.63) is 48.6 Å². The number of nitrogens with one attached hydrogen (secondary N) is 2. The molecule has 1 aromatic rings. The minimum atomic E-state index is -0.606. The topological polar surface area (TPSA) is 84.5 Å². The van der Waals surface area contributed by atoms with Crippen LogP contribution >= 0.6 is 0 Å². The van der Waals surface area contributed by atoms with Gasteiger partial charge >= 0.3 is 5.97 Å². The van der Waals surface area contributed by atoms with Gasteiger partial charge in [0.1, 0.15) is 5.60 Å². The number of esters is 1. The van der Waals surface area contributed by atoms with Gasteiger partial charge in [-0.05, 0) is 39.2 Å². The van der Waals surface area contributed by atoms with E-state index in [9.17, 15) is 14.4 Å². The summed E-state index contributed by atoms with van der Waals surface area (Å²) in [4.78, 5) is 36.1. The Morgan fingerprint density at radius 2 is 1.81 bits per heavy atom. The fourth-order valence-electron chi connectivity index (χ4n) is 2.43. The Kier molecular flexibility index (Phi) is 9.26. The number of allylic oxidation sites excluding steroid dienone is 1. The maximum Gasteiger partial charge on any atom is 0.307 e. The molecular weight excluding hydrogens is 344 g/mol. The van der Waals surface area contributed by atoms with E-state index in [0.29, 0.717) is 13.0 Å². The zero-order valence-electron chi connectivity index (χ0n) is 16.4. The highest BCUT2D eigenvalue weighted by atomic mass is 16.6. The van der Waals surface area contributed by atoms with Crippen LogP contribution in [0.2, 0.25) is 0 Å². The highest BCUT2D eigenvalue weighted by molar-refractivity contribution is 5.88. The molecule has 1 rings (SSSR count). The van der Waals surface area contributed by atoms with Gasteiger partial charge in [-0.3, -0.25) is 14.4 Å². The lowest BCUT2D eigenvalue weighted by atomic mass is 10.00. The molecule has 6 heteroatoms. The SMILES string of the molecule is C=CCC(CC(=O)OC(C)(C)C)C(=O)NCC(=O)NCCc1ccccc1. The molecule has 0 heterocycles. The summed E-state index contributed by atoms with van der Waals surface area (Å²) >= 11 is 0. The molecule has 0 aliphatic rings. The molecule has 0 saturated heterocycles. The quantitative estimate of drug-likeness (QED) is 0.486. The Bertz CT molecular complexity index is 635. The Morgan fingerprint density at radius 1 is 1.15 bits per heavy atom. The first kappa shape index (κ1) is 22.4. The second-order valence-electron chi connectivity index (χ2n) is 7.32. The molecule has 0 saturated carbocycles. The first-order valence-corrected chi connectivity index (χ1v) is 9.12. The van der Waals surface area contributed by atoms with Crippen molar-refractivity contribution in [3.63, 3.8) is 0 Å². The third-order valence-electron chi connectivity index (χ3n) is 3.66. The zero-order chi connectivity index (χ0) is 20.3. The third-order valence-corrected chi connectivity index (χ3v) is 3.66. The van der Waals surface area contributed by atoms with Gasteiger partial charge in [-0.1, -0.05) is 36.4 Å². The van der Waals surface area contributed by atoms with E-state index in [-0.39, 0.29) is 24.8 Å². The van der Waals surface area contributed by atoms with Crippen LogP contribution in [-0.4, -0.2) is 36.5 Å². The number of carbonyl (C=O) groups excluding carboxylic acids is 3. The number of hydrogen-bond donors (Lipinski definition) is 2. The summed E-state index contributed by atoms with van der Waals surface area (Å²) in [6.45, 7) is 9.29. The molecule has 0 aliphatic heterocycles. The van der Waals surface area contributed by atoms with E-state index in [4.69, 9.17) is 4.74 Å². The normalized spacial score (nSPS) is 12.0. The molecule has 27 heavy (non-hydrogen) atoms. The Balaban J connectivity index is 2.38. The summed E-state index contributed by atoms with van der Waals surface area (Å²) < 4.78 is 5.25. The van der Waals surface area contributed by atoms with Gasteiger partial charge < -0.3 is 15.4 Å². The molecule has 2 amide bonds. The monoisotopic (exact) mass is 374 g/mol. The molecule has 0 bridgehead atoms. The lowest BCUT2D eigenvalue weighted by Gasteiger charge is -2.21. The van der Waals surface area contributed by atoms with Crippen LogP contribution in [0, 0.1) is 5.92 Å². The maximum atomic E-state index is 12.3. The van der Waals surface area contributed by atoms with E-state index in [1.165, 1.54) is 0 Å². The van der Waals surface area contributed by atoms with Crippen LogP contribution in [0.5, 0.6) is 0 Å². The second kappa shape index (κ2) is 11.2. The summed E-state index contributed by atoms with van der Waals surface area (Å²) in [5.41, 5.74) is 0.524. The summed E-state index contributed by atoms with van der Waals surface area (Å²) in [5.74, 6) is -1.68. The van der Waals surface area contributed by atoms with E-state index < -0.39 is 17.5 Å². The number of ether oxygens (including phenoxy) is 1. The van der Waals surface area contributed by atoms with Crippen LogP contribution in [0.3, 0.4) is 0 Å². The van der Waals surface area contributed by atoms with Crippen LogP contribution < -0.4 is 10.6 Å². The van der Waals surface area contributed by atoms with Gasteiger partial charge in [0.05, 0.1) is 18.9 Å². The van der Waals surface area contributed by atoms with Crippen molar-refractivity contribution < 1.29 is 19.1 Å². The van der Waals surface area contributed by atoms with Crippen LogP contribution in [-0.2, 0) is 25.5 Å². The average Bonchev–Trinajstić information content (AvgIpc) is 2.58. The van der Waals surface area contributed by atoms with Gasteiger partial charge in [0.2, 0.25) is 11.8 Å². The van der Waals surface area contributed by atoms with Gasteiger partial charge in [-0.15, -0.1) is 6.58 Å². The first-order chi connectivity index (χ1) is 12.7. The van der Waals surface area contributed by atoms with E-state index >= 15 is 0 Å². The van der Waals surface area contributed by atoms with Crippen LogP contribution in [0.25, 0.3) is 0 Å². The molecule has 6 nitrogen and oxygen atoms in total. The van der Waals surface area contributed by atoms with Crippen molar-refractivity contribution in [2.45, 2.75) is 45.6 Å². The van der Waals surface area contributed by atoms with Gasteiger partial charge in [-0.2, -0.15) is 0 Å². The predicted octanol–water partition coefficient (Wildman–Crippen LogP) is 2.39. The van der Waals surface area contributed by atoms with E-state index in [2.05, 4.69) is 17.2 Å². The Morgan fingerprint density at radius 3 is 2.41 bits per heavy atom. The van der Waals surface area contributed by atoms with Crippen LogP contribution in [0.15, 0.2) is 43.0 Å². The summed E-state index contributed by atoms with van der Waals surface area (Å²) in [6.07, 6.45) is 2.58. The van der Waals surface area contributed by atoms with E-state index in [1.807, 2.05) is 30.3 Å². The minimum Gasteiger partial charge on any atom is -0.460 e. The second-order valence-corrected chi connectivity index (χ2v) is 7.32. The number of benzene rings is 1. The summed E-state index contributed by atoms with van der Waals surface area (Å²) in [6, 6.07) is 9.81. The number of carbonyl (C=O) groups is 3. The predicted molar refractivity (Wildman–Crippen MR) is 105 cm³/mol. The highest BCUT2D eigenvalue weighted by Crippen LogP contribution is 2.15. The van der Waals surface area contributed by atoms with Crippen LogP contribution in [0.1, 0.15) is 39.2 Å². The van der Waals surface area contributed by atoms with E-state index in [1.54, 1.807) is 26.8 Å². The molecule has 148 valence electrons. The van der Waals surface area contributed by atoms with Crippen molar-refractivity contribution in [2.75, 3.05) is 13.1 Å². The van der Waals surface area contributed by atoms with Crippen molar-refractivity contribution in [1.29, 1.82) is 0 Å². The molecule has 1 aromatic carbocycles. The fourth-order valence-corrected chi connectivity index (χ4v) is 2.43. The molecular formula is C21H30N2O4. The Hall–Kier alpha value is -2.63. The lowest BCUT2D eigenvalue weighted by Crippen LogP contribution is -2.41. The third kappa shape index (κ3) is 10.2. The standard InChI is InChI=1S/C21H30N2O4/c1-5-9-17(14-19(25)27-21(2,3)4)20(26)23-15-18(24)22-13-12-16-10-7-6-8-11-16/h5-8,10-11,17H,1,9,12-15H2,2-4H3,(H,22,24)(H,23,26). The van der Waals surface area contributed by atoms with Crippen molar-refractivity contribution in [3.8, 4) is 0 Å². The number of rotatable bonds is 10. The molecule has 0 fully saturated rings. The molecule has 0 aromatic heterocycles. The Labute approximate surface area is 161 Å². The summed E-state index contributed by atoms with van der Waals surface area (Å²) in [7, 11) is 0. The number of amides is 2. The van der Waals surface area contributed by atoms with Crippen molar-refractivity contribution in [1.82, 2.24) is 10.6 Å². The largest absolute Gasteiger partial charge is 0.460 e. The van der Waals surface area contributed by atoms with Crippen LogP contribution in [0.4, 0.5) is 0 Å². The molecule has 0 radical (unpaired) electrons. The molecule has 0 spiro atoms. The zero-order valence-corrected chi connectivity index (χ0v) is 16.4. The minimum absolute atomic E-state index is 0.0508. The van der Waals surface area contributed by atoms with Gasteiger partial charge in [0.15, 0.2) is 0 Å². The van der Waals surface area contributed by atoms with Gasteiger partial charge in [0.25, 0.3) is 0 Å². The maximum absolute atomic E-state index is 12.3. The van der Waals surface area contributed by atoms with E-state index in [0.717, 1.165) is 12.0 Å². The molecule has 0 aliphatic carbocycles. The average molecular weight is 374 g/mol. The fraction of sp³-hybridized carbons (Fsp3) is 0.476. The van der Waals surface area contributed by atoms with Crippen molar-refractivity contribution in [2.24, 2.45) is 5.92 Å². The lowest BCUT2D eigenvalue weighted by molar-refractivity contribution is -0.157. The van der Waals surface area contributed by atoms with Gasteiger partial charge in [-0.25, -0.2) is 0 Å². The smallest absolute Gasteiger partial charge is 0.307 e. The van der Waals surface area contributed by atoms with Crippen molar-refractivity contribution >= 4 is 17.8 Å². The molecule has 2 N–H and O–H groups in total. The van der Waals surface area contributed by atoms with Gasteiger partial charge in [0, 0.05) is 6.54 Å². The summed E-state index contributed by atoms with van der Waals surface area (Å²) in [5, 5.41) is 5.34. The molecule has 1 atom stereocenters. The highest BCUT2D eigenvalue weighted by Gasteiger charge is 2.24. The first-order valence-electron chi connectivity index (χ1n) is 9.12. The molecule has 1 unspecified atom stereocenters.